The first-order valence-electron chi connectivity index (χ1n) is 11.0. The van der Waals surface area contributed by atoms with Gasteiger partial charge in [-0.3, -0.25) is 19.6 Å². The highest BCUT2D eigenvalue weighted by molar-refractivity contribution is 6.00. The Morgan fingerprint density at radius 1 is 1.00 bits per heavy atom. The molecule has 1 saturated carbocycles. The molecule has 0 saturated heterocycles. The number of carbonyl (C=O) groups is 2. The fourth-order valence-corrected chi connectivity index (χ4v) is 4.18. The number of nitrogens with zero attached hydrogens (tertiary/aromatic N) is 2. The predicted octanol–water partition coefficient (Wildman–Crippen LogP) is 4.69. The van der Waals surface area contributed by atoms with E-state index in [1.807, 2.05) is 79.9 Å². The second-order valence-electron chi connectivity index (χ2n) is 8.69. The number of hydrogen-bond acceptors (Lipinski definition) is 4. The number of anilines is 1. The molecule has 33 heavy (non-hydrogen) atoms. The maximum atomic E-state index is 13.0. The average molecular weight is 437 g/mol. The van der Waals surface area contributed by atoms with Gasteiger partial charge in [0, 0.05) is 35.2 Å². The summed E-state index contributed by atoms with van der Waals surface area (Å²) < 4.78 is 0. The largest absolute Gasteiger partial charge is 0.346 e. The smallest absolute Gasteiger partial charge is 0.251 e. The number of fused-ring (bicyclic) bond motifs is 1. The number of hydrogen-bond donors (Lipinski definition) is 2. The summed E-state index contributed by atoms with van der Waals surface area (Å²) in [5.41, 5.74) is 2.79. The fourth-order valence-electron chi connectivity index (χ4n) is 4.18. The van der Waals surface area contributed by atoms with Gasteiger partial charge in [0.15, 0.2) is 0 Å². The second kappa shape index (κ2) is 8.47. The van der Waals surface area contributed by atoms with Crippen LogP contribution in [0.5, 0.6) is 0 Å². The first-order chi connectivity index (χ1) is 16.0. The number of amides is 2. The summed E-state index contributed by atoms with van der Waals surface area (Å²) >= 11 is 0. The standard InChI is InChI=1S/C27H24N4O2/c1-27(26(33)31-22-10-9-21-16-28-13-11-20(21)14-22)15-24(27)18-5-7-19(8-6-18)25(32)30-17-23-4-2-3-12-29-23/h2-14,16,24H,15,17H2,1H3,(H,30,32)(H,31,33)/t24-,27?/m0/s1. The summed E-state index contributed by atoms with van der Waals surface area (Å²) in [5.74, 6) is 0.000817. The van der Waals surface area contributed by atoms with Crippen LogP contribution in [0.3, 0.4) is 0 Å². The minimum atomic E-state index is -0.462. The lowest BCUT2D eigenvalue weighted by molar-refractivity contribution is -0.120. The number of rotatable bonds is 6. The summed E-state index contributed by atoms with van der Waals surface area (Å²) in [4.78, 5) is 33.8. The maximum Gasteiger partial charge on any atom is 0.251 e. The molecule has 1 fully saturated rings. The molecule has 164 valence electrons. The number of pyridine rings is 2. The molecule has 2 amide bonds. The third kappa shape index (κ3) is 4.32. The lowest BCUT2D eigenvalue weighted by Crippen LogP contribution is -2.23. The van der Waals surface area contributed by atoms with E-state index in [1.165, 1.54) is 0 Å². The summed E-state index contributed by atoms with van der Waals surface area (Å²) in [6, 6.07) is 20.9. The minimum absolute atomic E-state index is 0.0121. The molecule has 2 aromatic carbocycles. The molecular weight excluding hydrogens is 412 g/mol. The van der Waals surface area contributed by atoms with Gasteiger partial charge in [0.25, 0.3) is 5.91 Å². The fraction of sp³-hybridized carbons (Fsp3) is 0.185. The summed E-state index contributed by atoms with van der Waals surface area (Å²) in [6.45, 7) is 2.37. The van der Waals surface area contributed by atoms with E-state index in [9.17, 15) is 9.59 Å². The van der Waals surface area contributed by atoms with Gasteiger partial charge in [-0.25, -0.2) is 0 Å². The van der Waals surface area contributed by atoms with E-state index >= 15 is 0 Å². The van der Waals surface area contributed by atoms with Crippen LogP contribution in [0.25, 0.3) is 10.8 Å². The van der Waals surface area contributed by atoms with Crippen LogP contribution in [0.1, 0.15) is 40.9 Å². The zero-order valence-electron chi connectivity index (χ0n) is 18.3. The van der Waals surface area contributed by atoms with E-state index in [-0.39, 0.29) is 17.7 Å². The second-order valence-corrected chi connectivity index (χ2v) is 8.69. The first-order valence-corrected chi connectivity index (χ1v) is 11.0. The molecule has 1 aliphatic rings. The van der Waals surface area contributed by atoms with Crippen LogP contribution in [0.15, 0.2) is 85.3 Å². The number of benzene rings is 2. The van der Waals surface area contributed by atoms with Gasteiger partial charge < -0.3 is 10.6 Å². The number of carbonyl (C=O) groups excluding carboxylic acids is 2. The Labute approximate surface area is 192 Å². The van der Waals surface area contributed by atoms with Gasteiger partial charge in [0.05, 0.1) is 17.7 Å². The minimum Gasteiger partial charge on any atom is -0.346 e. The van der Waals surface area contributed by atoms with E-state index in [4.69, 9.17) is 0 Å². The third-order valence-electron chi connectivity index (χ3n) is 6.39. The van der Waals surface area contributed by atoms with Crippen molar-refractivity contribution in [2.45, 2.75) is 25.8 Å². The Bertz CT molecular complexity index is 1320. The molecule has 0 spiro atoms. The van der Waals surface area contributed by atoms with Crippen molar-refractivity contribution in [2.24, 2.45) is 5.41 Å². The van der Waals surface area contributed by atoms with E-state index in [2.05, 4.69) is 20.6 Å². The molecule has 2 atom stereocenters. The third-order valence-corrected chi connectivity index (χ3v) is 6.39. The molecule has 0 bridgehead atoms. The van der Waals surface area contributed by atoms with Crippen LogP contribution in [0.4, 0.5) is 5.69 Å². The topological polar surface area (TPSA) is 84.0 Å². The Kier molecular flexibility index (Phi) is 5.34. The van der Waals surface area contributed by atoms with E-state index in [0.29, 0.717) is 12.1 Å². The molecule has 6 heteroatoms. The van der Waals surface area contributed by atoms with Gasteiger partial charge in [-0.1, -0.05) is 31.2 Å². The summed E-state index contributed by atoms with van der Waals surface area (Å²) in [7, 11) is 0. The first kappa shape index (κ1) is 20.8. The van der Waals surface area contributed by atoms with Crippen molar-refractivity contribution in [1.82, 2.24) is 15.3 Å². The summed E-state index contributed by atoms with van der Waals surface area (Å²) in [5, 5.41) is 8.03. The van der Waals surface area contributed by atoms with Crippen LogP contribution in [-0.4, -0.2) is 21.8 Å². The Morgan fingerprint density at radius 2 is 1.85 bits per heavy atom. The Morgan fingerprint density at radius 3 is 2.64 bits per heavy atom. The van der Waals surface area contributed by atoms with Crippen LogP contribution in [0.2, 0.25) is 0 Å². The van der Waals surface area contributed by atoms with Gasteiger partial charge >= 0.3 is 0 Å². The van der Waals surface area contributed by atoms with E-state index < -0.39 is 5.41 Å². The lowest BCUT2D eigenvalue weighted by Gasteiger charge is -2.13. The van der Waals surface area contributed by atoms with Crippen LogP contribution in [-0.2, 0) is 11.3 Å². The van der Waals surface area contributed by atoms with Gasteiger partial charge in [0.1, 0.15) is 0 Å². The molecule has 1 aliphatic carbocycles. The van der Waals surface area contributed by atoms with Crippen molar-refractivity contribution in [3.8, 4) is 0 Å². The normalized spacial score (nSPS) is 19.1. The van der Waals surface area contributed by atoms with Crippen molar-refractivity contribution < 1.29 is 9.59 Å². The molecular formula is C27H24N4O2. The van der Waals surface area contributed by atoms with Crippen LogP contribution < -0.4 is 10.6 Å². The van der Waals surface area contributed by atoms with Crippen molar-refractivity contribution in [1.29, 1.82) is 0 Å². The molecule has 5 rings (SSSR count). The molecule has 1 unspecified atom stereocenters. The highest BCUT2D eigenvalue weighted by atomic mass is 16.2. The van der Waals surface area contributed by atoms with Gasteiger partial charge in [-0.15, -0.1) is 0 Å². The molecule has 0 aliphatic heterocycles. The zero-order valence-corrected chi connectivity index (χ0v) is 18.3. The monoisotopic (exact) mass is 436 g/mol. The average Bonchev–Trinajstić information content (AvgIpc) is 3.56. The van der Waals surface area contributed by atoms with Crippen molar-refractivity contribution >= 4 is 28.3 Å². The molecule has 0 radical (unpaired) electrons. The predicted molar refractivity (Wildman–Crippen MR) is 128 cm³/mol. The molecule has 2 heterocycles. The van der Waals surface area contributed by atoms with Gasteiger partial charge in [-0.05, 0) is 65.8 Å². The van der Waals surface area contributed by atoms with E-state index in [0.717, 1.165) is 34.1 Å². The Hall–Kier alpha value is -4.06. The van der Waals surface area contributed by atoms with Crippen LogP contribution in [0, 0.1) is 5.41 Å². The maximum absolute atomic E-state index is 13.0. The number of nitrogens with one attached hydrogen (secondary N) is 2. The quantitative estimate of drug-likeness (QED) is 0.459. The number of aromatic nitrogens is 2. The SMILES string of the molecule is CC1(C(=O)Nc2ccc3cnccc3c2)C[C@H]1c1ccc(C(=O)NCc2ccccn2)cc1. The summed E-state index contributed by atoms with van der Waals surface area (Å²) in [6.07, 6.45) is 6.04. The van der Waals surface area contributed by atoms with Gasteiger partial charge in [0.2, 0.25) is 5.91 Å². The van der Waals surface area contributed by atoms with Crippen LogP contribution >= 0.6 is 0 Å². The lowest BCUT2D eigenvalue weighted by atomic mass is 9.99. The van der Waals surface area contributed by atoms with Crippen molar-refractivity contribution in [3.05, 3.63) is 102 Å². The van der Waals surface area contributed by atoms with Crippen molar-refractivity contribution in [2.75, 3.05) is 5.32 Å². The molecule has 4 aromatic rings. The van der Waals surface area contributed by atoms with E-state index in [1.54, 1.807) is 12.4 Å². The highest BCUT2D eigenvalue weighted by Crippen LogP contribution is 2.59. The Balaban J connectivity index is 1.21. The molecule has 2 aromatic heterocycles. The molecule has 2 N–H and O–H groups in total. The van der Waals surface area contributed by atoms with Gasteiger partial charge in [-0.2, -0.15) is 0 Å². The molecule has 6 nitrogen and oxygen atoms in total. The van der Waals surface area contributed by atoms with Crippen molar-refractivity contribution in [3.63, 3.8) is 0 Å². The highest BCUT2D eigenvalue weighted by Gasteiger charge is 2.56. The zero-order chi connectivity index (χ0) is 22.8.